The Bertz CT molecular complexity index is 652. The van der Waals surface area contributed by atoms with Gasteiger partial charge in [-0.05, 0) is 25.5 Å². The normalized spacial score (nSPS) is 12.2. The summed E-state index contributed by atoms with van der Waals surface area (Å²) in [6.07, 6.45) is 0. The number of ether oxygens (including phenoxy) is 1. The van der Waals surface area contributed by atoms with Crippen molar-refractivity contribution in [2.45, 2.75) is 19.9 Å². The van der Waals surface area contributed by atoms with Gasteiger partial charge in [0.2, 0.25) is 0 Å². The summed E-state index contributed by atoms with van der Waals surface area (Å²) in [7, 11) is 1.30. The van der Waals surface area contributed by atoms with E-state index in [0.717, 1.165) is 5.56 Å². The van der Waals surface area contributed by atoms with Crippen molar-refractivity contribution >= 4 is 23.4 Å². The Hall–Kier alpha value is -2.01. The van der Waals surface area contributed by atoms with E-state index in [1.165, 1.54) is 7.11 Å². The Kier molecular flexibility index (Phi) is 3.99. The number of methoxy groups -OCH3 is 1. The van der Waals surface area contributed by atoms with Crippen molar-refractivity contribution in [1.29, 1.82) is 0 Å². The number of imidazole rings is 1. The first-order chi connectivity index (χ1) is 9.47. The molecule has 5 nitrogen and oxygen atoms in total. The predicted molar refractivity (Wildman–Crippen MR) is 78.0 cm³/mol. The van der Waals surface area contributed by atoms with E-state index in [-0.39, 0.29) is 17.6 Å². The zero-order chi connectivity index (χ0) is 14.9. The lowest BCUT2D eigenvalue weighted by Crippen LogP contribution is -2.13. The van der Waals surface area contributed by atoms with Gasteiger partial charge >= 0.3 is 5.97 Å². The van der Waals surface area contributed by atoms with Gasteiger partial charge in [0.1, 0.15) is 11.6 Å². The minimum absolute atomic E-state index is 0.129. The highest BCUT2D eigenvalue weighted by atomic mass is 35.5. The van der Waals surface area contributed by atoms with Crippen molar-refractivity contribution in [3.63, 3.8) is 0 Å². The number of halogens is 1. The van der Waals surface area contributed by atoms with Gasteiger partial charge in [0.25, 0.3) is 0 Å². The van der Waals surface area contributed by atoms with Gasteiger partial charge in [0.15, 0.2) is 5.69 Å². The van der Waals surface area contributed by atoms with Gasteiger partial charge < -0.3 is 15.0 Å². The quantitative estimate of drug-likeness (QED) is 0.884. The number of hydrogen-bond donors (Lipinski definition) is 1. The van der Waals surface area contributed by atoms with E-state index in [1.807, 2.05) is 31.2 Å². The monoisotopic (exact) mass is 293 g/mol. The molecule has 2 aromatic rings. The van der Waals surface area contributed by atoms with Gasteiger partial charge in [-0.15, -0.1) is 0 Å². The van der Waals surface area contributed by atoms with Gasteiger partial charge in [-0.1, -0.05) is 29.8 Å². The van der Waals surface area contributed by atoms with Crippen molar-refractivity contribution in [1.82, 2.24) is 9.55 Å². The lowest BCUT2D eigenvalue weighted by atomic mass is 10.1. The molecule has 2 N–H and O–H groups in total. The molecule has 0 aliphatic rings. The van der Waals surface area contributed by atoms with Crippen LogP contribution in [-0.4, -0.2) is 22.6 Å². The van der Waals surface area contributed by atoms with E-state index in [9.17, 15) is 4.79 Å². The van der Waals surface area contributed by atoms with Crippen LogP contribution in [0.2, 0.25) is 5.02 Å². The number of rotatable bonds is 3. The van der Waals surface area contributed by atoms with Gasteiger partial charge in [-0.2, -0.15) is 0 Å². The molecule has 0 spiro atoms. The molecule has 6 heteroatoms. The average Bonchev–Trinajstić information content (AvgIpc) is 2.73. The number of carbonyl (C=O) groups is 1. The third-order valence-electron chi connectivity index (χ3n) is 3.25. The number of esters is 1. The molecule has 1 heterocycles. The van der Waals surface area contributed by atoms with Crippen LogP contribution < -0.4 is 5.73 Å². The molecule has 20 heavy (non-hydrogen) atoms. The molecule has 0 saturated carbocycles. The maximum Gasteiger partial charge on any atom is 0.360 e. The maximum atomic E-state index is 11.6. The molecule has 0 radical (unpaired) electrons. The smallest absolute Gasteiger partial charge is 0.360 e. The zero-order valence-corrected chi connectivity index (χ0v) is 12.3. The number of carbonyl (C=O) groups excluding carboxylic acids is 1. The third-order valence-corrected chi connectivity index (χ3v) is 3.59. The first-order valence-electron chi connectivity index (χ1n) is 6.14. The standard InChI is InChI=1S/C14H16ClN3O2/c1-8(10-6-4-5-7-11(10)15)18-9(2)17-12(13(18)16)14(19)20-3/h4-8H,16H2,1-3H3. The highest BCUT2D eigenvalue weighted by Crippen LogP contribution is 2.30. The van der Waals surface area contributed by atoms with E-state index in [4.69, 9.17) is 17.3 Å². The summed E-state index contributed by atoms with van der Waals surface area (Å²) in [6.45, 7) is 3.74. The fraction of sp³-hybridized carbons (Fsp3) is 0.286. The second kappa shape index (κ2) is 5.54. The topological polar surface area (TPSA) is 70.1 Å². The fourth-order valence-corrected chi connectivity index (χ4v) is 2.54. The summed E-state index contributed by atoms with van der Waals surface area (Å²) in [5.41, 5.74) is 7.07. The number of nitrogen functional groups attached to an aromatic ring is 1. The van der Waals surface area contributed by atoms with E-state index in [0.29, 0.717) is 10.8 Å². The molecule has 1 aromatic heterocycles. The number of nitrogens with two attached hydrogens (primary N) is 1. The summed E-state index contributed by atoms with van der Waals surface area (Å²) in [5, 5.41) is 0.645. The Balaban J connectivity index is 2.51. The Morgan fingerprint density at radius 2 is 2.10 bits per heavy atom. The van der Waals surface area contributed by atoms with Crippen LogP contribution in [0.4, 0.5) is 5.82 Å². The van der Waals surface area contributed by atoms with Crippen molar-refractivity contribution in [2.75, 3.05) is 12.8 Å². The van der Waals surface area contributed by atoms with Crippen LogP contribution in [0.1, 0.15) is 34.8 Å². The molecule has 0 amide bonds. The number of aryl methyl sites for hydroxylation is 1. The Labute approximate surface area is 122 Å². The maximum absolute atomic E-state index is 11.6. The summed E-state index contributed by atoms with van der Waals surface area (Å²) in [6, 6.07) is 7.37. The third kappa shape index (κ3) is 2.36. The largest absolute Gasteiger partial charge is 0.464 e. The lowest BCUT2D eigenvalue weighted by Gasteiger charge is -2.18. The number of nitrogens with zero attached hydrogens (tertiary/aromatic N) is 2. The van der Waals surface area contributed by atoms with Crippen LogP contribution in [0.25, 0.3) is 0 Å². The molecule has 0 bridgehead atoms. The van der Waals surface area contributed by atoms with Crippen molar-refractivity contribution in [2.24, 2.45) is 0 Å². The molecule has 1 unspecified atom stereocenters. The predicted octanol–water partition coefficient (Wildman–Crippen LogP) is 2.82. The average molecular weight is 294 g/mol. The van der Waals surface area contributed by atoms with Gasteiger partial charge in [-0.25, -0.2) is 9.78 Å². The Morgan fingerprint density at radius 1 is 1.45 bits per heavy atom. The van der Waals surface area contributed by atoms with Crippen molar-refractivity contribution in [3.8, 4) is 0 Å². The first-order valence-corrected chi connectivity index (χ1v) is 6.52. The minimum Gasteiger partial charge on any atom is -0.464 e. The van der Waals surface area contributed by atoms with Gasteiger partial charge in [0, 0.05) is 5.02 Å². The molecular formula is C14H16ClN3O2. The molecule has 0 aliphatic heterocycles. The first kappa shape index (κ1) is 14.4. The molecule has 106 valence electrons. The highest BCUT2D eigenvalue weighted by molar-refractivity contribution is 6.31. The van der Waals surface area contributed by atoms with Crippen LogP contribution in [0.5, 0.6) is 0 Å². The molecule has 2 rings (SSSR count). The molecular weight excluding hydrogens is 278 g/mol. The SMILES string of the molecule is COC(=O)c1nc(C)n(C(C)c2ccccc2Cl)c1N. The lowest BCUT2D eigenvalue weighted by molar-refractivity contribution is 0.0595. The van der Waals surface area contributed by atoms with E-state index >= 15 is 0 Å². The zero-order valence-electron chi connectivity index (χ0n) is 11.6. The van der Waals surface area contributed by atoms with Gasteiger partial charge in [-0.3, -0.25) is 0 Å². The van der Waals surface area contributed by atoms with Gasteiger partial charge in [0.05, 0.1) is 13.2 Å². The second-order valence-corrected chi connectivity index (χ2v) is 4.86. The second-order valence-electron chi connectivity index (χ2n) is 4.45. The van der Waals surface area contributed by atoms with Crippen molar-refractivity contribution in [3.05, 3.63) is 46.4 Å². The number of benzene rings is 1. The number of hydrogen-bond acceptors (Lipinski definition) is 4. The van der Waals surface area contributed by atoms with Crippen LogP contribution >= 0.6 is 11.6 Å². The van der Waals surface area contributed by atoms with E-state index < -0.39 is 5.97 Å². The van der Waals surface area contributed by atoms with E-state index in [2.05, 4.69) is 9.72 Å². The summed E-state index contributed by atoms with van der Waals surface area (Å²) in [4.78, 5) is 15.8. The molecule has 0 saturated heterocycles. The van der Waals surface area contributed by atoms with Crippen molar-refractivity contribution < 1.29 is 9.53 Å². The summed E-state index contributed by atoms with van der Waals surface area (Å²) >= 11 is 6.20. The minimum atomic E-state index is -0.546. The van der Waals surface area contributed by atoms with Crippen LogP contribution in [0.3, 0.4) is 0 Å². The molecule has 1 aromatic carbocycles. The Morgan fingerprint density at radius 3 is 2.70 bits per heavy atom. The summed E-state index contributed by atoms with van der Waals surface area (Å²) in [5.74, 6) is 0.368. The molecule has 0 aliphatic carbocycles. The fourth-order valence-electron chi connectivity index (χ4n) is 2.25. The van der Waals surface area contributed by atoms with Crippen LogP contribution in [-0.2, 0) is 4.74 Å². The van der Waals surface area contributed by atoms with E-state index in [1.54, 1.807) is 11.5 Å². The molecule has 1 atom stereocenters. The highest BCUT2D eigenvalue weighted by Gasteiger charge is 2.23. The van der Waals surface area contributed by atoms with Crippen LogP contribution in [0.15, 0.2) is 24.3 Å². The number of aromatic nitrogens is 2. The number of anilines is 1. The summed E-state index contributed by atoms with van der Waals surface area (Å²) < 4.78 is 6.45. The van der Waals surface area contributed by atoms with Crippen LogP contribution in [0, 0.1) is 6.92 Å². The molecule has 0 fully saturated rings.